The Morgan fingerprint density at radius 1 is 0.969 bits per heavy atom. The van der Waals surface area contributed by atoms with Crippen molar-refractivity contribution < 1.29 is 9.59 Å². The van der Waals surface area contributed by atoms with Crippen molar-refractivity contribution >= 4 is 46.4 Å². The van der Waals surface area contributed by atoms with Crippen LogP contribution in [0.15, 0.2) is 60.0 Å². The van der Waals surface area contributed by atoms with Crippen LogP contribution in [0.2, 0.25) is 10.0 Å². The van der Waals surface area contributed by atoms with Crippen molar-refractivity contribution in [1.82, 2.24) is 9.80 Å². The van der Waals surface area contributed by atoms with Crippen LogP contribution in [0.3, 0.4) is 0 Å². The van der Waals surface area contributed by atoms with Crippen LogP contribution >= 0.6 is 34.5 Å². The predicted octanol–water partition coefficient (Wildman–Crippen LogP) is 6.44. The Morgan fingerprint density at radius 3 is 2.34 bits per heavy atom. The largest absolute Gasteiger partial charge is 0.332 e. The van der Waals surface area contributed by atoms with Gasteiger partial charge in [0, 0.05) is 23.0 Å². The Hall–Kier alpha value is -2.34. The Bertz CT molecular complexity index is 1070. The number of benzene rings is 2. The van der Waals surface area contributed by atoms with Gasteiger partial charge in [0.25, 0.3) is 5.91 Å². The molecular formula is C25H26Cl2N2O2S. The van der Waals surface area contributed by atoms with Gasteiger partial charge in [0.2, 0.25) is 5.91 Å². The summed E-state index contributed by atoms with van der Waals surface area (Å²) < 4.78 is 0. The van der Waals surface area contributed by atoms with Crippen molar-refractivity contribution in [3.8, 4) is 0 Å². The second kappa shape index (κ2) is 11.5. The molecule has 0 atom stereocenters. The lowest BCUT2D eigenvalue weighted by Crippen LogP contribution is -2.42. The van der Waals surface area contributed by atoms with E-state index >= 15 is 0 Å². The monoisotopic (exact) mass is 488 g/mol. The maximum atomic E-state index is 13.4. The van der Waals surface area contributed by atoms with E-state index in [1.807, 2.05) is 54.5 Å². The molecule has 168 valence electrons. The molecule has 4 nitrogen and oxygen atoms in total. The van der Waals surface area contributed by atoms with Gasteiger partial charge in [-0.25, -0.2) is 0 Å². The first-order valence-electron chi connectivity index (χ1n) is 10.5. The minimum Gasteiger partial charge on any atom is -0.332 e. The van der Waals surface area contributed by atoms with E-state index in [2.05, 4.69) is 6.07 Å². The average molecular weight is 489 g/mol. The van der Waals surface area contributed by atoms with Crippen LogP contribution in [0.4, 0.5) is 0 Å². The van der Waals surface area contributed by atoms with Gasteiger partial charge in [0.15, 0.2) is 0 Å². The summed E-state index contributed by atoms with van der Waals surface area (Å²) in [4.78, 5) is 31.1. The zero-order chi connectivity index (χ0) is 23.1. The van der Waals surface area contributed by atoms with Crippen LogP contribution in [0.25, 0.3) is 0 Å². The molecule has 0 aliphatic carbocycles. The number of halogens is 2. The molecule has 7 heteroatoms. The van der Waals surface area contributed by atoms with E-state index in [4.69, 9.17) is 23.2 Å². The molecule has 0 saturated carbocycles. The minimum absolute atomic E-state index is 0.0110. The maximum Gasteiger partial charge on any atom is 0.255 e. The molecule has 3 aromatic rings. The molecule has 0 spiro atoms. The van der Waals surface area contributed by atoms with Crippen molar-refractivity contribution in [2.24, 2.45) is 0 Å². The van der Waals surface area contributed by atoms with Crippen molar-refractivity contribution in [3.05, 3.63) is 91.6 Å². The van der Waals surface area contributed by atoms with E-state index in [1.165, 1.54) is 0 Å². The highest BCUT2D eigenvalue weighted by atomic mass is 35.5. The summed E-state index contributed by atoms with van der Waals surface area (Å²) in [5.41, 5.74) is 2.56. The molecule has 0 radical (unpaired) electrons. The van der Waals surface area contributed by atoms with Gasteiger partial charge in [0.05, 0.1) is 17.1 Å². The van der Waals surface area contributed by atoms with E-state index in [0.29, 0.717) is 30.2 Å². The number of carbonyl (C=O) groups is 2. The molecule has 0 aliphatic heterocycles. The molecule has 1 aromatic heterocycles. The zero-order valence-corrected chi connectivity index (χ0v) is 20.5. The van der Waals surface area contributed by atoms with Crippen molar-refractivity contribution in [3.63, 3.8) is 0 Å². The zero-order valence-electron chi connectivity index (χ0n) is 18.2. The molecule has 2 aromatic carbocycles. The topological polar surface area (TPSA) is 40.6 Å². The minimum atomic E-state index is -0.270. The lowest BCUT2D eigenvalue weighted by Gasteiger charge is -2.28. The molecule has 1 heterocycles. The van der Waals surface area contributed by atoms with Gasteiger partial charge >= 0.3 is 0 Å². The summed E-state index contributed by atoms with van der Waals surface area (Å²) >= 11 is 13.9. The summed E-state index contributed by atoms with van der Waals surface area (Å²) in [5, 5.41) is 2.78. The summed E-state index contributed by atoms with van der Waals surface area (Å²) in [6, 6.07) is 16.7. The fourth-order valence-electron chi connectivity index (χ4n) is 3.39. The average Bonchev–Trinajstić information content (AvgIpc) is 3.17. The molecule has 0 bridgehead atoms. The van der Waals surface area contributed by atoms with Crippen LogP contribution in [-0.4, -0.2) is 34.7 Å². The number of thiophene rings is 1. The lowest BCUT2D eigenvalue weighted by molar-refractivity contribution is -0.133. The quantitative estimate of drug-likeness (QED) is 0.347. The van der Waals surface area contributed by atoms with Crippen LogP contribution in [-0.2, 0) is 17.9 Å². The Morgan fingerprint density at radius 2 is 1.72 bits per heavy atom. The van der Waals surface area contributed by atoms with Gasteiger partial charge in [-0.1, -0.05) is 60.5 Å². The first kappa shape index (κ1) is 24.3. The van der Waals surface area contributed by atoms with E-state index in [9.17, 15) is 9.59 Å². The first-order valence-corrected chi connectivity index (χ1v) is 12.1. The number of rotatable bonds is 9. The third-order valence-electron chi connectivity index (χ3n) is 5.14. The fraction of sp³-hybridized carbons (Fsp3) is 0.280. The summed E-state index contributed by atoms with van der Waals surface area (Å²) in [5.74, 6) is -0.373. The third-order valence-corrected chi connectivity index (χ3v) is 6.70. The van der Waals surface area contributed by atoms with Gasteiger partial charge in [-0.2, -0.15) is 0 Å². The van der Waals surface area contributed by atoms with Gasteiger partial charge < -0.3 is 9.80 Å². The van der Waals surface area contributed by atoms with Gasteiger partial charge in [-0.15, -0.1) is 11.3 Å². The number of amides is 2. The third kappa shape index (κ3) is 6.35. The molecule has 0 aliphatic rings. The number of hydrogen-bond acceptors (Lipinski definition) is 3. The SMILES string of the molecule is CCCN(CC(=O)N(Cc1ccccc1)Cc1sccc1C)C(=O)c1ccc(Cl)cc1Cl. The van der Waals surface area contributed by atoms with Crippen LogP contribution in [0, 0.1) is 6.92 Å². The highest BCUT2D eigenvalue weighted by Crippen LogP contribution is 2.23. The van der Waals surface area contributed by atoms with Gasteiger partial charge in [0.1, 0.15) is 6.54 Å². The van der Waals surface area contributed by atoms with Crippen molar-refractivity contribution in [2.75, 3.05) is 13.1 Å². The highest BCUT2D eigenvalue weighted by Gasteiger charge is 2.24. The Kier molecular flexibility index (Phi) is 8.74. The standard InChI is InChI=1S/C25H26Cl2N2O2S/c1-3-12-28(25(31)21-10-9-20(26)14-22(21)27)17-24(30)29(15-19-7-5-4-6-8-19)16-23-18(2)11-13-32-23/h4-11,13-14H,3,12,15-17H2,1-2H3. The molecule has 3 rings (SSSR count). The van der Waals surface area contributed by atoms with E-state index in [-0.39, 0.29) is 23.4 Å². The van der Waals surface area contributed by atoms with E-state index < -0.39 is 0 Å². The molecular weight excluding hydrogens is 463 g/mol. The normalized spacial score (nSPS) is 10.8. The van der Waals surface area contributed by atoms with Crippen LogP contribution in [0.5, 0.6) is 0 Å². The Balaban J connectivity index is 1.82. The summed E-state index contributed by atoms with van der Waals surface area (Å²) in [6.07, 6.45) is 0.729. The van der Waals surface area contributed by atoms with E-state index in [0.717, 1.165) is 22.4 Å². The van der Waals surface area contributed by atoms with Gasteiger partial charge in [-0.3, -0.25) is 9.59 Å². The van der Waals surface area contributed by atoms with E-state index in [1.54, 1.807) is 34.4 Å². The first-order chi connectivity index (χ1) is 15.4. The highest BCUT2D eigenvalue weighted by molar-refractivity contribution is 7.10. The number of nitrogens with zero attached hydrogens (tertiary/aromatic N) is 2. The van der Waals surface area contributed by atoms with Crippen molar-refractivity contribution in [2.45, 2.75) is 33.4 Å². The summed E-state index contributed by atoms with van der Waals surface area (Å²) in [7, 11) is 0. The maximum absolute atomic E-state index is 13.4. The second-order valence-electron chi connectivity index (χ2n) is 7.61. The number of carbonyl (C=O) groups excluding carboxylic acids is 2. The summed E-state index contributed by atoms with van der Waals surface area (Å²) in [6.45, 7) is 5.46. The van der Waals surface area contributed by atoms with Crippen LogP contribution in [0.1, 0.15) is 39.7 Å². The second-order valence-corrected chi connectivity index (χ2v) is 9.46. The fourth-order valence-corrected chi connectivity index (χ4v) is 4.80. The lowest BCUT2D eigenvalue weighted by atomic mass is 10.1. The predicted molar refractivity (Wildman–Crippen MR) is 132 cm³/mol. The number of hydrogen-bond donors (Lipinski definition) is 0. The molecule has 0 N–H and O–H groups in total. The molecule has 32 heavy (non-hydrogen) atoms. The number of aryl methyl sites for hydroxylation is 1. The van der Waals surface area contributed by atoms with Crippen molar-refractivity contribution in [1.29, 1.82) is 0 Å². The molecule has 2 amide bonds. The molecule has 0 unspecified atom stereocenters. The molecule has 0 saturated heterocycles. The van der Waals surface area contributed by atoms with Crippen LogP contribution < -0.4 is 0 Å². The van der Waals surface area contributed by atoms with Gasteiger partial charge in [-0.05, 0) is 54.1 Å². The Labute approximate surface area is 203 Å². The smallest absolute Gasteiger partial charge is 0.255 e. The molecule has 0 fully saturated rings.